The summed E-state index contributed by atoms with van der Waals surface area (Å²) >= 11 is 0. The molecule has 1 N–H and O–H groups in total. The van der Waals surface area contributed by atoms with Crippen LogP contribution in [0.1, 0.15) is 33.1 Å². The Bertz CT molecular complexity index is 298. The Kier molecular flexibility index (Phi) is 3.64. The highest BCUT2D eigenvalue weighted by molar-refractivity contribution is 5.79. The molecule has 3 heteroatoms. The molecule has 0 aromatic carbocycles. The molecular formula is C13H22N2O. The lowest BCUT2D eigenvalue weighted by molar-refractivity contribution is -0.132. The van der Waals surface area contributed by atoms with Crippen molar-refractivity contribution in [3.05, 3.63) is 11.8 Å². The number of hydrogen-bond acceptors (Lipinski definition) is 2. The summed E-state index contributed by atoms with van der Waals surface area (Å²) in [6.45, 7) is 7.10. The van der Waals surface area contributed by atoms with E-state index in [1.165, 1.54) is 12.1 Å². The number of fused-ring (bicyclic) bond motifs is 4. The fraction of sp³-hybridized carbons (Fsp3) is 0.769. The van der Waals surface area contributed by atoms with E-state index in [9.17, 15) is 4.79 Å². The molecule has 2 atom stereocenters. The molecule has 0 radical (unpaired) electrons. The zero-order chi connectivity index (χ0) is 11.5. The van der Waals surface area contributed by atoms with Gasteiger partial charge in [-0.3, -0.25) is 4.79 Å². The minimum absolute atomic E-state index is 0.346. The zero-order valence-electron chi connectivity index (χ0n) is 10.3. The molecule has 0 aliphatic carbocycles. The molecule has 0 aromatic heterocycles. The largest absolute Gasteiger partial charge is 0.316 e. The number of piperidine rings is 2. The van der Waals surface area contributed by atoms with Crippen LogP contribution in [0.15, 0.2) is 11.8 Å². The predicted octanol–water partition coefficient (Wildman–Crippen LogP) is 1.76. The first kappa shape index (κ1) is 11.6. The molecule has 0 aromatic rings. The van der Waals surface area contributed by atoms with Crippen molar-refractivity contribution >= 4 is 5.91 Å². The van der Waals surface area contributed by atoms with Crippen molar-refractivity contribution < 1.29 is 4.79 Å². The van der Waals surface area contributed by atoms with Gasteiger partial charge in [-0.2, -0.15) is 0 Å². The summed E-state index contributed by atoms with van der Waals surface area (Å²) in [7, 11) is 0. The topological polar surface area (TPSA) is 32.3 Å². The van der Waals surface area contributed by atoms with Crippen LogP contribution in [0, 0.1) is 11.8 Å². The number of nitrogens with zero attached hydrogens (tertiary/aromatic N) is 1. The molecule has 1 amide bonds. The van der Waals surface area contributed by atoms with Crippen LogP contribution in [0.5, 0.6) is 0 Å². The molecular weight excluding hydrogens is 200 g/mol. The van der Waals surface area contributed by atoms with Gasteiger partial charge in [0.15, 0.2) is 0 Å². The van der Waals surface area contributed by atoms with Crippen LogP contribution in [0.3, 0.4) is 0 Å². The maximum atomic E-state index is 11.7. The van der Waals surface area contributed by atoms with E-state index in [0.29, 0.717) is 17.7 Å². The van der Waals surface area contributed by atoms with Gasteiger partial charge in [-0.15, -0.1) is 0 Å². The van der Waals surface area contributed by atoms with Crippen molar-refractivity contribution in [2.75, 3.05) is 19.6 Å². The van der Waals surface area contributed by atoms with E-state index >= 15 is 0 Å². The standard InChI is InChI=1S/C11H16N2O.C2H6/c14-11-3-1-2-10-9-4-8(5-12-6-9)7-13(10)11;1-2/h2,8-9,12H,1,3-7H2;1-2H3/t8?,9-;/m0./s1. The molecule has 16 heavy (non-hydrogen) atoms. The van der Waals surface area contributed by atoms with Crippen LogP contribution < -0.4 is 5.32 Å². The summed E-state index contributed by atoms with van der Waals surface area (Å²) in [5, 5.41) is 3.46. The van der Waals surface area contributed by atoms with Crippen molar-refractivity contribution in [1.82, 2.24) is 10.2 Å². The van der Waals surface area contributed by atoms with Gasteiger partial charge in [0.25, 0.3) is 0 Å². The molecule has 3 heterocycles. The van der Waals surface area contributed by atoms with E-state index in [4.69, 9.17) is 0 Å². The van der Waals surface area contributed by atoms with E-state index in [1.807, 2.05) is 18.7 Å². The Morgan fingerprint density at radius 3 is 3.00 bits per heavy atom. The van der Waals surface area contributed by atoms with E-state index in [2.05, 4.69) is 11.4 Å². The lowest BCUT2D eigenvalue weighted by Gasteiger charge is -2.45. The van der Waals surface area contributed by atoms with E-state index in [-0.39, 0.29) is 0 Å². The highest BCUT2D eigenvalue weighted by Crippen LogP contribution is 2.35. The Morgan fingerprint density at radius 2 is 2.19 bits per heavy atom. The third-order valence-corrected chi connectivity index (χ3v) is 3.63. The van der Waals surface area contributed by atoms with E-state index < -0.39 is 0 Å². The third kappa shape index (κ3) is 2.01. The average molecular weight is 222 g/mol. The summed E-state index contributed by atoms with van der Waals surface area (Å²) in [5.41, 5.74) is 1.31. The molecule has 3 aliphatic rings. The molecule has 2 saturated heterocycles. The molecule has 1 unspecified atom stereocenters. The smallest absolute Gasteiger partial charge is 0.227 e. The van der Waals surface area contributed by atoms with Crippen molar-refractivity contribution in [2.24, 2.45) is 11.8 Å². The SMILES string of the molecule is CC.O=C1CCC=C2[C@@H]3CNCC(C3)CN12. The quantitative estimate of drug-likeness (QED) is 0.677. The number of amides is 1. The zero-order valence-corrected chi connectivity index (χ0v) is 10.3. The Balaban J connectivity index is 0.000000457. The van der Waals surface area contributed by atoms with Crippen LogP contribution in [0.25, 0.3) is 0 Å². The molecule has 2 bridgehead atoms. The Morgan fingerprint density at radius 1 is 1.38 bits per heavy atom. The summed E-state index contributed by atoms with van der Waals surface area (Å²) in [6, 6.07) is 0. The molecule has 3 nitrogen and oxygen atoms in total. The van der Waals surface area contributed by atoms with Gasteiger partial charge in [0.1, 0.15) is 0 Å². The summed E-state index contributed by atoms with van der Waals surface area (Å²) < 4.78 is 0. The van der Waals surface area contributed by atoms with Gasteiger partial charge >= 0.3 is 0 Å². The lowest BCUT2D eigenvalue weighted by Crippen LogP contribution is -2.52. The molecule has 2 fully saturated rings. The van der Waals surface area contributed by atoms with Crippen LogP contribution in [-0.2, 0) is 4.79 Å². The number of carbonyl (C=O) groups is 1. The minimum Gasteiger partial charge on any atom is -0.316 e. The Hall–Kier alpha value is -0.830. The fourth-order valence-corrected chi connectivity index (χ4v) is 2.98. The van der Waals surface area contributed by atoms with Crippen LogP contribution in [0.4, 0.5) is 0 Å². The van der Waals surface area contributed by atoms with Gasteiger partial charge < -0.3 is 10.2 Å². The monoisotopic (exact) mass is 222 g/mol. The Labute approximate surface area is 97.9 Å². The van der Waals surface area contributed by atoms with Crippen molar-refractivity contribution in [2.45, 2.75) is 33.1 Å². The first-order valence-electron chi connectivity index (χ1n) is 6.56. The maximum Gasteiger partial charge on any atom is 0.227 e. The second-order valence-corrected chi connectivity index (χ2v) is 4.63. The van der Waals surface area contributed by atoms with Crippen LogP contribution >= 0.6 is 0 Å². The van der Waals surface area contributed by atoms with E-state index in [0.717, 1.165) is 32.5 Å². The highest BCUT2D eigenvalue weighted by Gasteiger charge is 2.37. The number of rotatable bonds is 0. The average Bonchev–Trinajstić information content (AvgIpc) is 2.34. The second kappa shape index (κ2) is 5.00. The summed E-state index contributed by atoms with van der Waals surface area (Å²) in [5.74, 6) is 1.64. The van der Waals surface area contributed by atoms with E-state index in [1.54, 1.807) is 0 Å². The molecule has 0 spiro atoms. The lowest BCUT2D eigenvalue weighted by atomic mass is 9.81. The van der Waals surface area contributed by atoms with Gasteiger partial charge in [0.05, 0.1) is 0 Å². The van der Waals surface area contributed by atoms with Gasteiger partial charge in [0, 0.05) is 31.1 Å². The number of nitrogens with one attached hydrogen (secondary N) is 1. The normalized spacial score (nSPS) is 32.2. The van der Waals surface area contributed by atoms with Crippen molar-refractivity contribution in [3.63, 3.8) is 0 Å². The molecule has 0 saturated carbocycles. The van der Waals surface area contributed by atoms with Gasteiger partial charge in [-0.1, -0.05) is 19.9 Å². The minimum atomic E-state index is 0.346. The summed E-state index contributed by atoms with van der Waals surface area (Å²) in [6.07, 6.45) is 5.22. The van der Waals surface area contributed by atoms with Gasteiger partial charge in [0.2, 0.25) is 5.91 Å². The molecule has 3 aliphatic heterocycles. The van der Waals surface area contributed by atoms with Crippen molar-refractivity contribution in [1.29, 1.82) is 0 Å². The first-order valence-corrected chi connectivity index (χ1v) is 6.56. The van der Waals surface area contributed by atoms with Gasteiger partial charge in [-0.05, 0) is 25.3 Å². The van der Waals surface area contributed by atoms with Crippen LogP contribution in [-0.4, -0.2) is 30.4 Å². The van der Waals surface area contributed by atoms with Crippen molar-refractivity contribution in [3.8, 4) is 0 Å². The van der Waals surface area contributed by atoms with Gasteiger partial charge in [-0.25, -0.2) is 0 Å². The number of hydrogen-bond donors (Lipinski definition) is 1. The highest BCUT2D eigenvalue weighted by atomic mass is 16.2. The second-order valence-electron chi connectivity index (χ2n) is 4.63. The number of carbonyl (C=O) groups excluding carboxylic acids is 1. The fourth-order valence-electron chi connectivity index (χ4n) is 2.98. The first-order chi connectivity index (χ1) is 7.84. The molecule has 90 valence electrons. The third-order valence-electron chi connectivity index (χ3n) is 3.63. The number of allylic oxidation sites excluding steroid dienone is 1. The van der Waals surface area contributed by atoms with Crippen LogP contribution in [0.2, 0.25) is 0 Å². The maximum absolute atomic E-state index is 11.7. The predicted molar refractivity (Wildman–Crippen MR) is 64.8 cm³/mol. The summed E-state index contributed by atoms with van der Waals surface area (Å²) in [4.78, 5) is 13.8. The molecule has 3 rings (SSSR count).